The van der Waals surface area contributed by atoms with Gasteiger partial charge in [-0.3, -0.25) is 0 Å². The number of hydrogen-bond donors (Lipinski definition) is 1. The first kappa shape index (κ1) is 11.9. The Morgan fingerprint density at radius 3 is 2.40 bits per heavy atom. The lowest BCUT2D eigenvalue weighted by Gasteiger charge is -2.07. The van der Waals surface area contributed by atoms with E-state index in [0.29, 0.717) is 5.56 Å². The van der Waals surface area contributed by atoms with Crippen molar-refractivity contribution in [1.29, 1.82) is 0 Å². The molecular formula is C9H7F3O2S. The molecule has 1 rings (SSSR count). The third-order valence-electron chi connectivity index (χ3n) is 1.66. The van der Waals surface area contributed by atoms with Crippen molar-refractivity contribution in [3.8, 4) is 0 Å². The topological polar surface area (TPSA) is 37.3 Å². The summed E-state index contributed by atoms with van der Waals surface area (Å²) in [6.45, 7) is 1.46. The second kappa shape index (κ2) is 4.14. The van der Waals surface area contributed by atoms with Crippen molar-refractivity contribution >= 4 is 17.7 Å². The van der Waals surface area contributed by atoms with Crippen LogP contribution in [0.1, 0.15) is 15.9 Å². The second-order valence-corrected chi connectivity index (χ2v) is 3.97. The largest absolute Gasteiger partial charge is 0.478 e. The van der Waals surface area contributed by atoms with Gasteiger partial charge in [-0.2, -0.15) is 13.2 Å². The monoisotopic (exact) mass is 236 g/mol. The molecule has 82 valence electrons. The Bertz CT molecular complexity index is 387. The minimum absolute atomic E-state index is 0.00926. The van der Waals surface area contributed by atoms with E-state index >= 15 is 0 Å². The molecule has 0 aliphatic rings. The average Bonchev–Trinajstić information content (AvgIpc) is 1.99. The van der Waals surface area contributed by atoms with Gasteiger partial charge in [0.15, 0.2) is 0 Å². The number of aryl methyl sites for hydroxylation is 1. The zero-order valence-corrected chi connectivity index (χ0v) is 8.45. The first-order valence-electron chi connectivity index (χ1n) is 3.89. The SMILES string of the molecule is Cc1cc(SC(F)(F)F)ccc1C(=O)O. The molecule has 1 aromatic rings. The predicted octanol–water partition coefficient (Wildman–Crippen LogP) is 3.31. The van der Waals surface area contributed by atoms with Gasteiger partial charge in [-0.1, -0.05) is 0 Å². The van der Waals surface area contributed by atoms with Gasteiger partial charge in [-0.15, -0.1) is 0 Å². The number of halogens is 3. The summed E-state index contributed by atoms with van der Waals surface area (Å²) < 4.78 is 35.9. The number of thioether (sulfide) groups is 1. The first-order valence-corrected chi connectivity index (χ1v) is 4.71. The lowest BCUT2D eigenvalue weighted by atomic mass is 10.1. The average molecular weight is 236 g/mol. The number of aromatic carboxylic acids is 1. The van der Waals surface area contributed by atoms with E-state index in [2.05, 4.69) is 0 Å². The third kappa shape index (κ3) is 3.47. The highest BCUT2D eigenvalue weighted by Crippen LogP contribution is 2.37. The summed E-state index contributed by atoms with van der Waals surface area (Å²) in [6.07, 6.45) is 0. The molecule has 0 radical (unpaired) electrons. The van der Waals surface area contributed by atoms with Crippen molar-refractivity contribution in [3.05, 3.63) is 29.3 Å². The van der Waals surface area contributed by atoms with Crippen molar-refractivity contribution in [3.63, 3.8) is 0 Å². The highest BCUT2D eigenvalue weighted by atomic mass is 32.2. The molecule has 0 heterocycles. The Morgan fingerprint density at radius 2 is 2.00 bits per heavy atom. The maximum Gasteiger partial charge on any atom is 0.446 e. The molecule has 0 fully saturated rings. The molecule has 0 bridgehead atoms. The summed E-state index contributed by atoms with van der Waals surface area (Å²) in [4.78, 5) is 10.6. The molecule has 0 aliphatic carbocycles. The molecule has 0 amide bonds. The Morgan fingerprint density at radius 1 is 1.40 bits per heavy atom. The quantitative estimate of drug-likeness (QED) is 0.800. The van der Waals surface area contributed by atoms with Crippen molar-refractivity contribution in [1.82, 2.24) is 0 Å². The van der Waals surface area contributed by atoms with E-state index in [9.17, 15) is 18.0 Å². The number of benzene rings is 1. The summed E-state index contributed by atoms with van der Waals surface area (Å²) in [5.74, 6) is -1.14. The maximum atomic E-state index is 12.0. The predicted molar refractivity (Wildman–Crippen MR) is 50.1 cm³/mol. The van der Waals surface area contributed by atoms with Gasteiger partial charge >= 0.3 is 11.5 Å². The maximum absolute atomic E-state index is 12.0. The van der Waals surface area contributed by atoms with Crippen LogP contribution in [0.2, 0.25) is 0 Å². The molecule has 0 saturated carbocycles. The van der Waals surface area contributed by atoms with Crippen molar-refractivity contribution in [2.24, 2.45) is 0 Å². The number of carboxylic acid groups (broad SMARTS) is 1. The zero-order chi connectivity index (χ0) is 11.6. The van der Waals surface area contributed by atoms with E-state index in [1.807, 2.05) is 0 Å². The van der Waals surface area contributed by atoms with Crippen molar-refractivity contribution < 1.29 is 23.1 Å². The van der Waals surface area contributed by atoms with Crippen LogP contribution in [0.5, 0.6) is 0 Å². The normalized spacial score (nSPS) is 11.5. The second-order valence-electron chi connectivity index (χ2n) is 2.83. The molecule has 0 saturated heterocycles. The van der Waals surface area contributed by atoms with Crippen molar-refractivity contribution in [2.75, 3.05) is 0 Å². The summed E-state index contributed by atoms with van der Waals surface area (Å²) >= 11 is -0.258. The van der Waals surface area contributed by atoms with E-state index in [1.165, 1.54) is 19.1 Å². The van der Waals surface area contributed by atoms with Gasteiger partial charge < -0.3 is 5.11 Å². The molecular weight excluding hydrogens is 229 g/mol. The Hall–Kier alpha value is -1.17. The van der Waals surface area contributed by atoms with Crippen molar-refractivity contribution in [2.45, 2.75) is 17.3 Å². The van der Waals surface area contributed by atoms with Gasteiger partial charge in [0.2, 0.25) is 0 Å². The van der Waals surface area contributed by atoms with Gasteiger partial charge in [0.1, 0.15) is 0 Å². The molecule has 6 heteroatoms. The number of alkyl halides is 3. The lowest BCUT2D eigenvalue weighted by molar-refractivity contribution is -0.0328. The molecule has 0 atom stereocenters. The van der Waals surface area contributed by atoms with E-state index < -0.39 is 11.5 Å². The first-order chi connectivity index (χ1) is 6.79. The summed E-state index contributed by atoms with van der Waals surface area (Å²) in [7, 11) is 0. The molecule has 2 nitrogen and oxygen atoms in total. The number of hydrogen-bond acceptors (Lipinski definition) is 2. The van der Waals surface area contributed by atoms with E-state index in [1.54, 1.807) is 0 Å². The fraction of sp³-hybridized carbons (Fsp3) is 0.222. The lowest BCUT2D eigenvalue weighted by Crippen LogP contribution is -2.02. The summed E-state index contributed by atoms with van der Waals surface area (Å²) in [5.41, 5.74) is -4.02. The molecule has 0 aromatic heterocycles. The van der Waals surface area contributed by atoms with Crippen LogP contribution >= 0.6 is 11.8 Å². The van der Waals surface area contributed by atoms with Crippen LogP contribution in [0.25, 0.3) is 0 Å². The Labute approximate surface area is 88.1 Å². The van der Waals surface area contributed by atoms with Crippen LogP contribution in [0, 0.1) is 6.92 Å². The molecule has 15 heavy (non-hydrogen) atoms. The van der Waals surface area contributed by atoms with Crippen LogP contribution in [-0.2, 0) is 0 Å². The molecule has 0 spiro atoms. The minimum Gasteiger partial charge on any atom is -0.478 e. The number of carboxylic acids is 1. The Balaban J connectivity index is 2.97. The minimum atomic E-state index is -4.35. The molecule has 1 aromatic carbocycles. The van der Waals surface area contributed by atoms with Gasteiger partial charge in [-0.25, -0.2) is 4.79 Å². The zero-order valence-electron chi connectivity index (χ0n) is 7.63. The fourth-order valence-electron chi connectivity index (χ4n) is 1.07. The highest BCUT2D eigenvalue weighted by molar-refractivity contribution is 8.00. The van der Waals surface area contributed by atoms with Gasteiger partial charge in [0.25, 0.3) is 0 Å². The fourth-order valence-corrected chi connectivity index (χ4v) is 1.71. The van der Waals surface area contributed by atoms with Gasteiger partial charge in [-0.05, 0) is 42.4 Å². The van der Waals surface area contributed by atoms with E-state index in [-0.39, 0.29) is 22.2 Å². The van der Waals surface area contributed by atoms with Crippen LogP contribution in [-0.4, -0.2) is 16.6 Å². The third-order valence-corrected chi connectivity index (χ3v) is 2.38. The van der Waals surface area contributed by atoms with Crippen LogP contribution in [0.15, 0.2) is 23.1 Å². The smallest absolute Gasteiger partial charge is 0.446 e. The molecule has 0 unspecified atom stereocenters. The summed E-state index contributed by atoms with van der Waals surface area (Å²) in [5, 5.41) is 8.66. The molecule has 1 N–H and O–H groups in total. The highest BCUT2D eigenvalue weighted by Gasteiger charge is 2.29. The van der Waals surface area contributed by atoms with E-state index in [4.69, 9.17) is 5.11 Å². The summed E-state index contributed by atoms with van der Waals surface area (Å²) in [6, 6.07) is 3.53. The number of rotatable bonds is 2. The van der Waals surface area contributed by atoms with Crippen LogP contribution in [0.3, 0.4) is 0 Å². The van der Waals surface area contributed by atoms with Gasteiger partial charge in [0, 0.05) is 4.90 Å². The standard InChI is InChI=1S/C9H7F3O2S/c1-5-4-6(15-9(10,11)12)2-3-7(5)8(13)14/h2-4H,1H3,(H,13,14). The Kier molecular flexibility index (Phi) is 3.28. The van der Waals surface area contributed by atoms with Crippen LogP contribution in [0.4, 0.5) is 13.2 Å². The van der Waals surface area contributed by atoms with Gasteiger partial charge in [0.05, 0.1) is 5.56 Å². The molecule has 0 aliphatic heterocycles. The van der Waals surface area contributed by atoms with E-state index in [0.717, 1.165) is 6.07 Å². The number of carbonyl (C=O) groups is 1. The van der Waals surface area contributed by atoms with Crippen LogP contribution < -0.4 is 0 Å².